The molecule has 1 fully saturated rings. The lowest BCUT2D eigenvalue weighted by Gasteiger charge is -2.24. The fourth-order valence-corrected chi connectivity index (χ4v) is 4.62. The summed E-state index contributed by atoms with van der Waals surface area (Å²) in [5.74, 6) is 1.56. The van der Waals surface area contributed by atoms with Crippen molar-refractivity contribution in [2.75, 3.05) is 38.0 Å². The molecule has 0 aliphatic carbocycles. The molecule has 7 nitrogen and oxygen atoms in total. The van der Waals surface area contributed by atoms with E-state index in [9.17, 15) is 9.59 Å². The molecular formula is C25H39N3O4S2. The Labute approximate surface area is 213 Å². The Morgan fingerprint density at radius 2 is 2.15 bits per heavy atom. The molecule has 34 heavy (non-hydrogen) atoms. The first-order chi connectivity index (χ1) is 16.4. The second-order valence-corrected chi connectivity index (χ2v) is 9.79. The second kappa shape index (κ2) is 15.3. The SMILES string of the molecule is CCCc1ccccc1O[C@H]1C[C@H](C(=O)N[C@H](CCSC)C(=O)OC)N(C/C=C/[C@@H](N)CS)C1. The van der Waals surface area contributed by atoms with Gasteiger partial charge in [-0.15, -0.1) is 0 Å². The van der Waals surface area contributed by atoms with Gasteiger partial charge in [0, 0.05) is 31.3 Å². The van der Waals surface area contributed by atoms with Crippen molar-refractivity contribution in [1.29, 1.82) is 0 Å². The molecule has 0 radical (unpaired) electrons. The second-order valence-electron chi connectivity index (χ2n) is 8.44. The van der Waals surface area contributed by atoms with E-state index in [1.54, 1.807) is 11.8 Å². The van der Waals surface area contributed by atoms with Gasteiger partial charge in [0.1, 0.15) is 17.9 Å². The third kappa shape index (κ3) is 8.83. The molecule has 0 aromatic heterocycles. The van der Waals surface area contributed by atoms with Crippen LogP contribution < -0.4 is 15.8 Å². The molecule has 190 valence electrons. The zero-order valence-corrected chi connectivity index (χ0v) is 22.2. The van der Waals surface area contributed by atoms with E-state index >= 15 is 0 Å². The van der Waals surface area contributed by atoms with E-state index < -0.39 is 18.1 Å². The number of ether oxygens (including phenoxy) is 2. The lowest BCUT2D eigenvalue weighted by molar-refractivity contribution is -0.145. The number of likely N-dealkylation sites (tertiary alicyclic amines) is 1. The average Bonchev–Trinajstić information content (AvgIpc) is 3.24. The number of esters is 1. The topological polar surface area (TPSA) is 93.9 Å². The highest BCUT2D eigenvalue weighted by Gasteiger charge is 2.39. The summed E-state index contributed by atoms with van der Waals surface area (Å²) in [7, 11) is 1.34. The molecule has 1 aliphatic rings. The highest BCUT2D eigenvalue weighted by molar-refractivity contribution is 7.98. The first-order valence-corrected chi connectivity index (χ1v) is 13.8. The van der Waals surface area contributed by atoms with Gasteiger partial charge in [-0.1, -0.05) is 43.7 Å². The highest BCUT2D eigenvalue weighted by Crippen LogP contribution is 2.27. The largest absolute Gasteiger partial charge is 0.489 e. The number of carbonyl (C=O) groups is 2. The molecule has 0 spiro atoms. The highest BCUT2D eigenvalue weighted by atomic mass is 32.2. The Bertz CT molecular complexity index is 808. The van der Waals surface area contributed by atoms with Crippen molar-refractivity contribution in [2.24, 2.45) is 5.73 Å². The molecule has 4 atom stereocenters. The van der Waals surface area contributed by atoms with Crippen LogP contribution in [-0.2, 0) is 20.7 Å². The maximum atomic E-state index is 13.3. The van der Waals surface area contributed by atoms with Gasteiger partial charge in [-0.2, -0.15) is 24.4 Å². The van der Waals surface area contributed by atoms with Crippen LogP contribution in [0.15, 0.2) is 36.4 Å². The van der Waals surface area contributed by atoms with Gasteiger partial charge in [-0.05, 0) is 36.5 Å². The molecule has 1 saturated heterocycles. The number of hydrogen-bond acceptors (Lipinski definition) is 8. The predicted octanol–water partition coefficient (Wildman–Crippen LogP) is 2.69. The lowest BCUT2D eigenvalue weighted by atomic mass is 10.1. The minimum atomic E-state index is -0.662. The molecule has 0 unspecified atom stereocenters. The van der Waals surface area contributed by atoms with Crippen molar-refractivity contribution < 1.29 is 19.1 Å². The van der Waals surface area contributed by atoms with Gasteiger partial charge in [0.2, 0.25) is 5.91 Å². The van der Waals surface area contributed by atoms with Crippen LogP contribution in [0, 0.1) is 0 Å². The monoisotopic (exact) mass is 509 g/mol. The van der Waals surface area contributed by atoms with Crippen LogP contribution >= 0.6 is 24.4 Å². The molecule has 0 bridgehead atoms. The molecule has 1 aromatic carbocycles. The van der Waals surface area contributed by atoms with Gasteiger partial charge in [-0.3, -0.25) is 9.69 Å². The molecule has 1 amide bonds. The third-order valence-corrected chi connectivity index (χ3v) is 6.87. The van der Waals surface area contributed by atoms with E-state index in [-0.39, 0.29) is 18.1 Å². The van der Waals surface area contributed by atoms with Crippen molar-refractivity contribution in [3.63, 3.8) is 0 Å². The van der Waals surface area contributed by atoms with Crippen LogP contribution in [0.25, 0.3) is 0 Å². The number of hydrogen-bond donors (Lipinski definition) is 3. The summed E-state index contributed by atoms with van der Waals surface area (Å²) >= 11 is 5.84. The first-order valence-electron chi connectivity index (χ1n) is 11.8. The normalized spacial score (nSPS) is 20.3. The Kier molecular flexibility index (Phi) is 12.9. The quantitative estimate of drug-likeness (QED) is 0.202. The number of nitrogens with zero attached hydrogens (tertiary/aromatic N) is 1. The van der Waals surface area contributed by atoms with Crippen LogP contribution in [0.1, 0.15) is 31.7 Å². The van der Waals surface area contributed by atoms with E-state index in [1.807, 2.05) is 36.6 Å². The molecule has 1 aliphatic heterocycles. The number of carbonyl (C=O) groups excluding carboxylic acids is 2. The standard InChI is InChI=1S/C25H39N3O4S2/c1-4-8-18-9-5-6-11-23(18)32-20-15-22(28(16-20)13-7-10-19(26)17-33)24(29)27-21(12-14-34-3)25(30)31-2/h5-7,9-11,19-22,33H,4,8,12-17,26H2,1-3H3,(H,27,29)/b10-7+/t19-,20+,21-,22-/m1/s1. The van der Waals surface area contributed by atoms with Gasteiger partial charge in [-0.25, -0.2) is 4.79 Å². The molecular weight excluding hydrogens is 470 g/mol. The summed E-state index contributed by atoms with van der Waals surface area (Å²) in [6.07, 6.45) is 8.74. The van der Waals surface area contributed by atoms with Crippen molar-refractivity contribution in [3.05, 3.63) is 42.0 Å². The van der Waals surface area contributed by atoms with Crippen LogP contribution in [0.2, 0.25) is 0 Å². The predicted molar refractivity (Wildman–Crippen MR) is 143 cm³/mol. The number of rotatable bonds is 14. The van der Waals surface area contributed by atoms with Crippen LogP contribution in [0.3, 0.4) is 0 Å². The molecule has 1 heterocycles. The van der Waals surface area contributed by atoms with Gasteiger partial charge in [0.05, 0.1) is 13.2 Å². The summed E-state index contributed by atoms with van der Waals surface area (Å²) in [4.78, 5) is 27.6. The molecule has 0 saturated carbocycles. The number of nitrogens with one attached hydrogen (secondary N) is 1. The number of thiol groups is 1. The molecule has 1 aromatic rings. The number of methoxy groups -OCH3 is 1. The van der Waals surface area contributed by atoms with Crippen LogP contribution in [-0.4, -0.2) is 79.0 Å². The zero-order valence-electron chi connectivity index (χ0n) is 20.4. The zero-order chi connectivity index (χ0) is 24.9. The van der Waals surface area contributed by atoms with Crippen LogP contribution in [0.4, 0.5) is 0 Å². The summed E-state index contributed by atoms with van der Waals surface area (Å²) in [5, 5.41) is 2.92. The van der Waals surface area contributed by atoms with E-state index in [0.717, 1.165) is 24.3 Å². The van der Waals surface area contributed by atoms with E-state index in [1.165, 1.54) is 12.7 Å². The number of benzene rings is 1. The smallest absolute Gasteiger partial charge is 0.328 e. The number of aryl methyl sites for hydroxylation is 1. The third-order valence-electron chi connectivity index (χ3n) is 5.80. The van der Waals surface area contributed by atoms with E-state index in [4.69, 9.17) is 15.2 Å². The van der Waals surface area contributed by atoms with Crippen LogP contribution in [0.5, 0.6) is 5.75 Å². The van der Waals surface area contributed by atoms with Gasteiger partial charge in [0.25, 0.3) is 0 Å². The first kappa shape index (κ1) is 28.6. The minimum Gasteiger partial charge on any atom is -0.489 e. The molecule has 2 rings (SSSR count). The number of para-hydroxylation sites is 1. The Hall–Kier alpha value is -1.68. The summed E-state index contributed by atoms with van der Waals surface area (Å²) in [6, 6.07) is 6.85. The van der Waals surface area contributed by atoms with Crippen molar-refractivity contribution in [3.8, 4) is 5.75 Å². The summed E-state index contributed by atoms with van der Waals surface area (Å²) in [5.41, 5.74) is 7.12. The van der Waals surface area contributed by atoms with Crippen molar-refractivity contribution in [1.82, 2.24) is 10.2 Å². The minimum absolute atomic E-state index is 0.136. The summed E-state index contributed by atoms with van der Waals surface area (Å²) < 4.78 is 11.3. The maximum Gasteiger partial charge on any atom is 0.328 e. The fourth-order valence-electron chi connectivity index (χ4n) is 4.02. The number of nitrogens with two attached hydrogens (primary N) is 1. The Morgan fingerprint density at radius 1 is 1.38 bits per heavy atom. The van der Waals surface area contributed by atoms with Gasteiger partial charge >= 0.3 is 5.97 Å². The Balaban J connectivity index is 2.15. The van der Waals surface area contributed by atoms with Crippen molar-refractivity contribution in [2.45, 2.75) is 56.8 Å². The lowest BCUT2D eigenvalue weighted by Crippen LogP contribution is -2.50. The number of amides is 1. The molecule has 9 heteroatoms. The van der Waals surface area contributed by atoms with Gasteiger partial charge in [0.15, 0.2) is 0 Å². The number of thioether (sulfide) groups is 1. The van der Waals surface area contributed by atoms with E-state index in [0.29, 0.717) is 31.7 Å². The van der Waals surface area contributed by atoms with Crippen molar-refractivity contribution >= 4 is 36.3 Å². The summed E-state index contributed by atoms with van der Waals surface area (Å²) in [6.45, 7) is 3.31. The fraction of sp³-hybridized carbons (Fsp3) is 0.600. The Morgan fingerprint density at radius 3 is 2.82 bits per heavy atom. The molecule has 3 N–H and O–H groups in total. The van der Waals surface area contributed by atoms with Gasteiger partial charge < -0.3 is 20.5 Å². The van der Waals surface area contributed by atoms with E-state index in [2.05, 4.69) is 35.8 Å². The maximum absolute atomic E-state index is 13.3. The average molecular weight is 510 g/mol.